The van der Waals surface area contributed by atoms with Gasteiger partial charge >= 0.3 is 5.97 Å². The highest BCUT2D eigenvalue weighted by atomic mass is 32.2. The Morgan fingerprint density at radius 3 is 2.29 bits per heavy atom. The monoisotopic (exact) mass is 318 g/mol. The summed E-state index contributed by atoms with van der Waals surface area (Å²) in [6.07, 6.45) is 3.78. The van der Waals surface area contributed by atoms with Crippen molar-refractivity contribution in [3.63, 3.8) is 0 Å². The fourth-order valence-electron chi connectivity index (χ4n) is 3.45. The molecule has 1 aliphatic carbocycles. The average molecular weight is 318 g/mol. The Hall–Kier alpha value is -0.660. The van der Waals surface area contributed by atoms with E-state index >= 15 is 0 Å². The molecule has 3 atom stereocenters. The van der Waals surface area contributed by atoms with Gasteiger partial charge in [0.05, 0.1) is 5.92 Å². The minimum atomic E-state index is -3.49. The first-order chi connectivity index (χ1) is 9.79. The molecule has 2 rings (SSSR count). The van der Waals surface area contributed by atoms with Crippen molar-refractivity contribution in [2.45, 2.75) is 52.0 Å². The van der Waals surface area contributed by atoms with E-state index in [0.717, 1.165) is 19.3 Å². The number of piperidine rings is 1. The van der Waals surface area contributed by atoms with Crippen LogP contribution in [0.2, 0.25) is 0 Å². The number of carboxylic acid groups (broad SMARTS) is 1. The minimum Gasteiger partial charge on any atom is -0.481 e. The molecule has 0 aromatic rings. The molecule has 1 aliphatic heterocycles. The van der Waals surface area contributed by atoms with Crippen molar-refractivity contribution in [3.05, 3.63) is 0 Å². The molecule has 2 fully saturated rings. The van der Waals surface area contributed by atoms with E-state index in [1.165, 1.54) is 4.31 Å². The Labute approximate surface area is 127 Å². The molecule has 0 aromatic carbocycles. The lowest BCUT2D eigenvalue weighted by Crippen LogP contribution is -2.51. The molecule has 0 spiro atoms. The van der Waals surface area contributed by atoms with E-state index in [9.17, 15) is 13.2 Å². The molecule has 0 amide bonds. The largest absolute Gasteiger partial charge is 0.481 e. The van der Waals surface area contributed by atoms with Gasteiger partial charge in [-0.2, -0.15) is 17.4 Å². The SMILES string of the molecule is CC1CCC(NS(=O)(=O)N2CCC(C(=O)O)CC2)C(C)C1. The zero-order valence-corrected chi connectivity index (χ0v) is 13.6. The van der Waals surface area contributed by atoms with Gasteiger partial charge in [0.2, 0.25) is 0 Å². The third-order valence-electron chi connectivity index (χ3n) is 4.87. The highest BCUT2D eigenvalue weighted by Crippen LogP contribution is 2.29. The van der Waals surface area contributed by atoms with Gasteiger partial charge in [0.15, 0.2) is 0 Å². The first-order valence-electron chi connectivity index (χ1n) is 7.80. The lowest BCUT2D eigenvalue weighted by molar-refractivity contribution is -0.142. The summed E-state index contributed by atoms with van der Waals surface area (Å²) >= 11 is 0. The first-order valence-corrected chi connectivity index (χ1v) is 9.24. The number of hydrogen-bond acceptors (Lipinski definition) is 3. The maximum absolute atomic E-state index is 12.4. The fraction of sp³-hybridized carbons (Fsp3) is 0.929. The zero-order chi connectivity index (χ0) is 15.6. The summed E-state index contributed by atoms with van der Waals surface area (Å²) in [4.78, 5) is 10.9. The standard InChI is InChI=1S/C14H26N2O4S/c1-10-3-4-13(11(2)9-10)15-21(19,20)16-7-5-12(6-8-16)14(17)18/h10-13,15H,3-9H2,1-2H3,(H,17,18). The van der Waals surface area contributed by atoms with Crippen molar-refractivity contribution in [3.8, 4) is 0 Å². The number of aliphatic carboxylic acids is 1. The second-order valence-corrected chi connectivity index (χ2v) is 8.34. The summed E-state index contributed by atoms with van der Waals surface area (Å²) in [5, 5.41) is 8.96. The first kappa shape index (κ1) is 16.7. The Kier molecular flexibility index (Phi) is 5.27. The summed E-state index contributed by atoms with van der Waals surface area (Å²) in [6.45, 7) is 4.89. The fourth-order valence-corrected chi connectivity index (χ4v) is 5.02. The van der Waals surface area contributed by atoms with Crippen LogP contribution in [-0.2, 0) is 15.0 Å². The third-order valence-corrected chi connectivity index (χ3v) is 6.52. The molecule has 122 valence electrons. The van der Waals surface area contributed by atoms with Crippen LogP contribution in [0, 0.1) is 17.8 Å². The minimum absolute atomic E-state index is 0.00315. The number of nitrogens with zero attached hydrogens (tertiary/aromatic N) is 1. The zero-order valence-electron chi connectivity index (χ0n) is 12.8. The van der Waals surface area contributed by atoms with Crippen LogP contribution in [0.4, 0.5) is 0 Å². The molecular weight excluding hydrogens is 292 g/mol. The van der Waals surface area contributed by atoms with Crippen LogP contribution in [0.25, 0.3) is 0 Å². The molecule has 6 nitrogen and oxygen atoms in total. The van der Waals surface area contributed by atoms with Crippen molar-refractivity contribution in [2.75, 3.05) is 13.1 Å². The Balaban J connectivity index is 1.92. The molecule has 1 heterocycles. The lowest BCUT2D eigenvalue weighted by atomic mass is 9.80. The van der Waals surface area contributed by atoms with Crippen LogP contribution in [0.3, 0.4) is 0 Å². The normalized spacial score (nSPS) is 33.0. The van der Waals surface area contributed by atoms with Gasteiger partial charge in [-0.1, -0.05) is 13.8 Å². The van der Waals surface area contributed by atoms with E-state index in [2.05, 4.69) is 18.6 Å². The Morgan fingerprint density at radius 2 is 1.76 bits per heavy atom. The van der Waals surface area contributed by atoms with Gasteiger partial charge < -0.3 is 5.11 Å². The smallest absolute Gasteiger partial charge is 0.306 e. The maximum Gasteiger partial charge on any atom is 0.306 e. The van der Waals surface area contributed by atoms with E-state index in [1.54, 1.807) is 0 Å². The van der Waals surface area contributed by atoms with Gasteiger partial charge in [-0.25, -0.2) is 0 Å². The van der Waals surface area contributed by atoms with Crippen LogP contribution in [-0.4, -0.2) is 42.9 Å². The van der Waals surface area contributed by atoms with Crippen LogP contribution in [0.5, 0.6) is 0 Å². The van der Waals surface area contributed by atoms with E-state index in [0.29, 0.717) is 37.8 Å². The molecular formula is C14H26N2O4S. The third kappa shape index (κ3) is 4.17. The molecule has 1 saturated carbocycles. The van der Waals surface area contributed by atoms with Crippen LogP contribution in [0.15, 0.2) is 0 Å². The highest BCUT2D eigenvalue weighted by Gasteiger charge is 2.34. The Bertz CT molecular complexity index is 471. The number of carbonyl (C=O) groups is 1. The summed E-state index contributed by atoms with van der Waals surface area (Å²) in [7, 11) is -3.49. The molecule has 7 heteroatoms. The van der Waals surface area contributed by atoms with Gasteiger partial charge in [-0.05, 0) is 43.9 Å². The molecule has 3 unspecified atom stereocenters. The predicted molar refractivity (Wildman–Crippen MR) is 80.0 cm³/mol. The summed E-state index contributed by atoms with van der Waals surface area (Å²) in [5.41, 5.74) is 0. The van der Waals surface area contributed by atoms with E-state index in [-0.39, 0.29) is 6.04 Å². The van der Waals surface area contributed by atoms with Crippen LogP contribution >= 0.6 is 0 Å². The number of rotatable bonds is 4. The van der Waals surface area contributed by atoms with Gasteiger partial charge in [-0.15, -0.1) is 0 Å². The second-order valence-electron chi connectivity index (χ2n) is 6.64. The highest BCUT2D eigenvalue weighted by molar-refractivity contribution is 7.87. The van der Waals surface area contributed by atoms with Crippen molar-refractivity contribution in [1.82, 2.24) is 9.03 Å². The van der Waals surface area contributed by atoms with Crippen LogP contribution < -0.4 is 4.72 Å². The lowest BCUT2D eigenvalue weighted by Gasteiger charge is -2.36. The van der Waals surface area contributed by atoms with Crippen molar-refractivity contribution < 1.29 is 18.3 Å². The molecule has 2 aliphatic rings. The van der Waals surface area contributed by atoms with Crippen molar-refractivity contribution in [1.29, 1.82) is 0 Å². The molecule has 0 bridgehead atoms. The quantitative estimate of drug-likeness (QED) is 0.821. The number of hydrogen-bond donors (Lipinski definition) is 2. The summed E-state index contributed by atoms with van der Waals surface area (Å²) in [6, 6.07) is 0.00315. The van der Waals surface area contributed by atoms with Crippen molar-refractivity contribution in [2.24, 2.45) is 17.8 Å². The van der Waals surface area contributed by atoms with E-state index < -0.39 is 22.1 Å². The van der Waals surface area contributed by atoms with Gasteiger partial charge in [0, 0.05) is 19.1 Å². The second kappa shape index (κ2) is 6.62. The van der Waals surface area contributed by atoms with E-state index in [1.807, 2.05) is 0 Å². The van der Waals surface area contributed by atoms with Gasteiger partial charge in [0.1, 0.15) is 0 Å². The van der Waals surface area contributed by atoms with Crippen molar-refractivity contribution >= 4 is 16.2 Å². The summed E-state index contributed by atoms with van der Waals surface area (Å²) in [5.74, 6) is -0.229. The molecule has 0 radical (unpaired) electrons. The number of nitrogens with one attached hydrogen (secondary N) is 1. The topological polar surface area (TPSA) is 86.7 Å². The van der Waals surface area contributed by atoms with E-state index in [4.69, 9.17) is 5.11 Å². The molecule has 2 N–H and O–H groups in total. The predicted octanol–water partition coefficient (Wildman–Crippen LogP) is 1.44. The van der Waals surface area contributed by atoms with Gasteiger partial charge in [0.25, 0.3) is 10.2 Å². The Morgan fingerprint density at radius 1 is 1.14 bits per heavy atom. The average Bonchev–Trinajstić information content (AvgIpc) is 2.42. The number of carboxylic acids is 1. The molecule has 1 saturated heterocycles. The maximum atomic E-state index is 12.4. The summed E-state index contributed by atoms with van der Waals surface area (Å²) < 4.78 is 29.1. The van der Waals surface area contributed by atoms with Crippen LogP contribution in [0.1, 0.15) is 46.0 Å². The molecule has 21 heavy (non-hydrogen) atoms. The van der Waals surface area contributed by atoms with Gasteiger partial charge in [-0.3, -0.25) is 4.79 Å². The molecule has 0 aromatic heterocycles.